The number of thioether (sulfide) groups is 1. The lowest BCUT2D eigenvalue weighted by Gasteiger charge is -2.14. The molecule has 1 aromatic rings. The first-order valence-corrected chi connectivity index (χ1v) is 7.29. The Hall–Kier alpha value is -0.850. The molecule has 0 saturated heterocycles. The summed E-state index contributed by atoms with van der Waals surface area (Å²) in [5, 5.41) is 18.5. The van der Waals surface area contributed by atoms with Gasteiger partial charge < -0.3 is 10.2 Å². The van der Waals surface area contributed by atoms with Crippen LogP contribution < -0.4 is 0 Å². The number of hydrogen-bond acceptors (Lipinski definition) is 4. The van der Waals surface area contributed by atoms with Gasteiger partial charge in [0.1, 0.15) is 0 Å². The zero-order valence-electron chi connectivity index (χ0n) is 9.88. The van der Waals surface area contributed by atoms with Gasteiger partial charge in [0.25, 0.3) is 0 Å². The molecular weight excluding hydrogens is 320 g/mol. The lowest BCUT2D eigenvalue weighted by Crippen LogP contribution is -2.18. The molecule has 0 aliphatic rings. The number of halogens is 1. The fourth-order valence-corrected chi connectivity index (χ4v) is 2.16. The van der Waals surface area contributed by atoms with Gasteiger partial charge in [-0.05, 0) is 31.4 Å². The highest BCUT2D eigenvalue weighted by atomic mass is 79.9. The van der Waals surface area contributed by atoms with Crippen molar-refractivity contribution >= 4 is 39.4 Å². The largest absolute Gasteiger partial charge is 0.479 e. The molecule has 18 heavy (non-hydrogen) atoms. The Kier molecular flexibility index (Phi) is 5.37. The van der Waals surface area contributed by atoms with Gasteiger partial charge in [0.2, 0.25) is 0 Å². The molecule has 0 heterocycles. The minimum atomic E-state index is -1.69. The van der Waals surface area contributed by atoms with Crippen LogP contribution in [0.2, 0.25) is 0 Å². The summed E-state index contributed by atoms with van der Waals surface area (Å²) in [7, 11) is 0. The van der Waals surface area contributed by atoms with Gasteiger partial charge in [0, 0.05) is 16.0 Å². The highest BCUT2D eigenvalue weighted by Gasteiger charge is 2.24. The van der Waals surface area contributed by atoms with E-state index in [0.717, 1.165) is 4.90 Å². The molecule has 98 valence electrons. The highest BCUT2D eigenvalue weighted by Crippen LogP contribution is 2.26. The molecule has 0 aliphatic carbocycles. The molecule has 0 fully saturated rings. The topological polar surface area (TPSA) is 74.6 Å². The van der Waals surface area contributed by atoms with Crippen LogP contribution in [0.5, 0.6) is 0 Å². The van der Waals surface area contributed by atoms with Crippen LogP contribution in [0.15, 0.2) is 23.1 Å². The van der Waals surface area contributed by atoms with Crippen molar-refractivity contribution in [3.05, 3.63) is 29.3 Å². The number of benzene rings is 1. The molecule has 0 spiro atoms. The number of aliphatic carboxylic acids is 1. The number of carbonyl (C=O) groups is 2. The van der Waals surface area contributed by atoms with Crippen LogP contribution >= 0.6 is 27.7 Å². The zero-order chi connectivity index (χ0) is 13.9. The van der Waals surface area contributed by atoms with E-state index in [1.54, 1.807) is 19.1 Å². The standard InChI is InChI=1S/C12H13BrO4S/c1-6(13)10(14)8-4-3-7(18-2)5-9(8)11(15)12(16)17/h3-6,11,15H,1-2H3,(H,16,17). The van der Waals surface area contributed by atoms with Gasteiger partial charge in [-0.1, -0.05) is 15.9 Å². The van der Waals surface area contributed by atoms with Gasteiger partial charge in [0.05, 0.1) is 4.83 Å². The molecule has 1 rings (SSSR count). The van der Waals surface area contributed by atoms with Crippen molar-refractivity contribution in [3.63, 3.8) is 0 Å². The lowest BCUT2D eigenvalue weighted by molar-refractivity contribution is -0.146. The Balaban J connectivity index is 3.33. The molecule has 0 saturated carbocycles. The monoisotopic (exact) mass is 332 g/mol. The first-order valence-electron chi connectivity index (χ1n) is 5.15. The second-order valence-electron chi connectivity index (χ2n) is 3.67. The SMILES string of the molecule is CSc1ccc(C(=O)C(C)Br)c(C(O)C(=O)O)c1. The Morgan fingerprint density at radius 3 is 2.44 bits per heavy atom. The van der Waals surface area contributed by atoms with Crippen molar-refractivity contribution in [1.82, 2.24) is 0 Å². The molecule has 2 atom stereocenters. The lowest BCUT2D eigenvalue weighted by atomic mass is 9.98. The molecule has 2 N–H and O–H groups in total. The molecule has 0 amide bonds. The number of hydrogen-bond donors (Lipinski definition) is 2. The fraction of sp³-hybridized carbons (Fsp3) is 0.333. The second-order valence-corrected chi connectivity index (χ2v) is 5.93. The highest BCUT2D eigenvalue weighted by molar-refractivity contribution is 9.10. The van der Waals surface area contributed by atoms with Crippen LogP contribution in [0.1, 0.15) is 28.9 Å². The molecule has 2 unspecified atom stereocenters. The Morgan fingerprint density at radius 1 is 1.39 bits per heavy atom. The number of rotatable bonds is 5. The predicted molar refractivity (Wildman–Crippen MR) is 73.5 cm³/mol. The zero-order valence-corrected chi connectivity index (χ0v) is 12.3. The van der Waals surface area contributed by atoms with Crippen molar-refractivity contribution in [3.8, 4) is 0 Å². The third-order valence-corrected chi connectivity index (χ3v) is 3.56. The molecule has 0 aliphatic heterocycles. The number of ketones is 1. The van der Waals surface area contributed by atoms with E-state index in [9.17, 15) is 14.7 Å². The number of Topliss-reactive ketones (excluding diaryl/α,β-unsaturated/α-hetero) is 1. The van der Waals surface area contributed by atoms with Crippen LogP contribution in [0.3, 0.4) is 0 Å². The van der Waals surface area contributed by atoms with Crippen LogP contribution in [-0.4, -0.2) is 33.0 Å². The van der Waals surface area contributed by atoms with Gasteiger partial charge in [0.15, 0.2) is 11.9 Å². The third-order valence-electron chi connectivity index (χ3n) is 2.41. The summed E-state index contributed by atoms with van der Waals surface area (Å²) < 4.78 is 0. The molecule has 0 bridgehead atoms. The molecular formula is C12H13BrO4S. The van der Waals surface area contributed by atoms with Crippen LogP contribution in [-0.2, 0) is 4.79 Å². The van der Waals surface area contributed by atoms with Gasteiger partial charge in [-0.25, -0.2) is 4.79 Å². The maximum Gasteiger partial charge on any atom is 0.337 e. The maximum atomic E-state index is 11.9. The maximum absolute atomic E-state index is 11.9. The minimum Gasteiger partial charge on any atom is -0.479 e. The quantitative estimate of drug-likeness (QED) is 0.492. The number of carboxylic acid groups (broad SMARTS) is 1. The van der Waals surface area contributed by atoms with Crippen molar-refractivity contribution < 1.29 is 19.8 Å². The summed E-state index contributed by atoms with van der Waals surface area (Å²) in [6, 6.07) is 4.81. The molecule has 0 radical (unpaired) electrons. The smallest absolute Gasteiger partial charge is 0.337 e. The summed E-state index contributed by atoms with van der Waals surface area (Å²) in [6.45, 7) is 1.65. The Labute approximate surface area is 118 Å². The molecule has 1 aromatic carbocycles. The van der Waals surface area contributed by atoms with E-state index >= 15 is 0 Å². The van der Waals surface area contributed by atoms with E-state index in [0.29, 0.717) is 0 Å². The van der Waals surface area contributed by atoms with E-state index in [1.807, 2.05) is 6.26 Å². The average Bonchev–Trinajstić information content (AvgIpc) is 2.35. The first kappa shape index (κ1) is 15.2. The number of aliphatic hydroxyl groups is 1. The van der Waals surface area contributed by atoms with Gasteiger partial charge >= 0.3 is 5.97 Å². The van der Waals surface area contributed by atoms with Gasteiger partial charge in [-0.3, -0.25) is 4.79 Å². The van der Waals surface area contributed by atoms with Crippen molar-refractivity contribution in [2.75, 3.05) is 6.26 Å². The molecule has 0 aromatic heterocycles. The fourth-order valence-electron chi connectivity index (χ4n) is 1.47. The second kappa shape index (κ2) is 6.36. The van der Waals surface area contributed by atoms with Crippen LogP contribution in [0.25, 0.3) is 0 Å². The van der Waals surface area contributed by atoms with Crippen molar-refractivity contribution in [1.29, 1.82) is 0 Å². The Morgan fingerprint density at radius 2 is 2.00 bits per heavy atom. The van der Waals surface area contributed by atoms with Crippen molar-refractivity contribution in [2.45, 2.75) is 22.8 Å². The predicted octanol–water partition coefficient (Wildman–Crippen LogP) is 2.49. The van der Waals surface area contributed by atoms with Gasteiger partial charge in [-0.2, -0.15) is 0 Å². The average molecular weight is 333 g/mol. The van der Waals surface area contributed by atoms with Crippen LogP contribution in [0.4, 0.5) is 0 Å². The summed E-state index contributed by atoms with van der Waals surface area (Å²) in [6.07, 6.45) is 0.142. The third kappa shape index (κ3) is 3.34. The van der Waals surface area contributed by atoms with E-state index in [4.69, 9.17) is 5.11 Å². The number of aliphatic hydroxyl groups excluding tert-OH is 1. The number of carboxylic acids is 1. The Bertz CT molecular complexity index is 473. The number of carbonyl (C=O) groups excluding carboxylic acids is 1. The summed E-state index contributed by atoms with van der Waals surface area (Å²) in [5.41, 5.74) is 0.359. The summed E-state index contributed by atoms with van der Waals surface area (Å²) in [5.74, 6) is -1.62. The van der Waals surface area contributed by atoms with Crippen LogP contribution in [0, 0.1) is 0 Å². The van der Waals surface area contributed by atoms with E-state index in [1.165, 1.54) is 17.8 Å². The first-order chi connectivity index (χ1) is 8.38. The van der Waals surface area contributed by atoms with E-state index in [-0.39, 0.29) is 16.9 Å². The normalized spacial score (nSPS) is 14.0. The minimum absolute atomic E-state index is 0.130. The van der Waals surface area contributed by atoms with Crippen molar-refractivity contribution in [2.24, 2.45) is 0 Å². The molecule has 4 nitrogen and oxygen atoms in total. The number of alkyl halides is 1. The molecule has 6 heteroatoms. The van der Waals surface area contributed by atoms with E-state index in [2.05, 4.69) is 15.9 Å². The van der Waals surface area contributed by atoms with Gasteiger partial charge in [-0.15, -0.1) is 11.8 Å². The summed E-state index contributed by atoms with van der Waals surface area (Å²) >= 11 is 4.56. The summed E-state index contributed by atoms with van der Waals surface area (Å²) in [4.78, 5) is 23.2. The van der Waals surface area contributed by atoms with E-state index < -0.39 is 16.9 Å².